The van der Waals surface area contributed by atoms with Gasteiger partial charge in [-0.15, -0.1) is 0 Å². The highest BCUT2D eigenvalue weighted by Crippen LogP contribution is 2.41. The van der Waals surface area contributed by atoms with Gasteiger partial charge >= 0.3 is 0 Å². The van der Waals surface area contributed by atoms with E-state index in [0.717, 1.165) is 25.1 Å². The second-order valence-corrected chi connectivity index (χ2v) is 6.39. The van der Waals surface area contributed by atoms with Crippen LogP contribution in [0.15, 0.2) is 54.9 Å². The number of benzene rings is 1. The van der Waals surface area contributed by atoms with Crippen molar-refractivity contribution in [2.45, 2.75) is 61.3 Å². The molecular weight excluding hydrogens is 354 g/mol. The minimum atomic E-state index is 0.731. The van der Waals surface area contributed by atoms with Gasteiger partial charge in [-0.3, -0.25) is 0 Å². The van der Waals surface area contributed by atoms with E-state index in [2.05, 4.69) is 49.9 Å². The molecule has 0 unspecified atom stereocenters. The molecule has 1 aromatic carbocycles. The van der Waals surface area contributed by atoms with Gasteiger partial charge in [-0.25, -0.2) is 5.84 Å². The maximum absolute atomic E-state index is 5.35. The van der Waals surface area contributed by atoms with Crippen LogP contribution in [0.25, 0.3) is 17.2 Å². The third kappa shape index (κ3) is 7.78. The molecule has 0 heterocycles. The van der Waals surface area contributed by atoms with Crippen molar-refractivity contribution in [3.8, 4) is 0 Å². The Kier molecular flexibility index (Phi) is 13.2. The summed E-state index contributed by atoms with van der Waals surface area (Å²) in [4.78, 5) is 0. The minimum Gasteiger partial charge on any atom is -0.401 e. The molecule has 2 aliphatic carbocycles. The molecule has 1 aromatic rings. The van der Waals surface area contributed by atoms with Crippen LogP contribution in [0, 0.1) is 6.92 Å². The Morgan fingerprint density at radius 2 is 1.79 bits per heavy atom. The third-order valence-electron chi connectivity index (χ3n) is 4.35. The first-order valence-corrected chi connectivity index (χ1v) is 10.7. The molecule has 0 fully saturated rings. The number of hydrogen-bond donors (Lipinski definition) is 2. The summed E-state index contributed by atoms with van der Waals surface area (Å²) in [5, 5.41) is 1.54. The molecular formula is C26H41N3. The van der Waals surface area contributed by atoms with Crippen molar-refractivity contribution in [2.75, 3.05) is 6.54 Å². The summed E-state index contributed by atoms with van der Waals surface area (Å²) in [7, 11) is 0. The Bertz CT molecular complexity index is 760. The van der Waals surface area contributed by atoms with Crippen LogP contribution in [0.3, 0.4) is 0 Å². The van der Waals surface area contributed by atoms with Crippen LogP contribution in [-0.4, -0.2) is 11.6 Å². The molecule has 160 valence electrons. The lowest BCUT2D eigenvalue weighted by Crippen LogP contribution is -2.25. The highest BCUT2D eigenvalue weighted by atomic mass is 15.4. The maximum Gasteiger partial charge on any atom is 0.0339 e. The molecule has 0 amide bonds. The molecule has 0 radical (unpaired) electrons. The van der Waals surface area contributed by atoms with E-state index >= 15 is 0 Å². The molecule has 0 bridgehead atoms. The van der Waals surface area contributed by atoms with Crippen LogP contribution in [0.4, 0.5) is 0 Å². The number of nitrogens with zero attached hydrogens (tertiary/aromatic N) is 1. The summed E-state index contributed by atoms with van der Waals surface area (Å²) >= 11 is 0. The molecule has 0 saturated heterocycles. The van der Waals surface area contributed by atoms with E-state index in [1.165, 1.54) is 38.4 Å². The van der Waals surface area contributed by atoms with Gasteiger partial charge in [0.1, 0.15) is 0 Å². The Morgan fingerprint density at radius 1 is 1.14 bits per heavy atom. The van der Waals surface area contributed by atoms with Gasteiger partial charge in [0.15, 0.2) is 0 Å². The molecule has 29 heavy (non-hydrogen) atoms. The fraction of sp³-hybridized carbons (Fsp3) is 0.385. The average Bonchev–Trinajstić information content (AvgIpc) is 2.74. The third-order valence-corrected chi connectivity index (χ3v) is 4.35. The van der Waals surface area contributed by atoms with E-state index in [0.29, 0.717) is 0 Å². The standard InChI is InChI=1S/C17H16.C5H13N3.2C2H6/c1-3-5-13-10-11-15-7-4-6-14-9-8-12(2)16(13)17(14)15;1-3-8(7)4-5(2)6;2*1-2/h3-6,8-9,11H,1,7,10H2,2H3;4H,3,6-7H2,1-2H3;2*1-2H3/b13-5-;5-4-;;. The van der Waals surface area contributed by atoms with Crippen LogP contribution in [0.2, 0.25) is 0 Å². The van der Waals surface area contributed by atoms with Crippen molar-refractivity contribution in [3.63, 3.8) is 0 Å². The van der Waals surface area contributed by atoms with E-state index < -0.39 is 0 Å². The number of hydrogen-bond acceptors (Lipinski definition) is 3. The van der Waals surface area contributed by atoms with E-state index in [9.17, 15) is 0 Å². The summed E-state index contributed by atoms with van der Waals surface area (Å²) in [6.45, 7) is 18.6. The highest BCUT2D eigenvalue weighted by Gasteiger charge is 2.21. The van der Waals surface area contributed by atoms with Gasteiger partial charge in [0.25, 0.3) is 0 Å². The molecule has 3 heteroatoms. The summed E-state index contributed by atoms with van der Waals surface area (Å²) < 4.78 is 0. The predicted octanol–water partition coefficient (Wildman–Crippen LogP) is 6.82. The summed E-state index contributed by atoms with van der Waals surface area (Å²) in [5.41, 5.74) is 14.5. The van der Waals surface area contributed by atoms with Crippen molar-refractivity contribution in [1.29, 1.82) is 0 Å². The topological polar surface area (TPSA) is 55.3 Å². The molecule has 0 atom stereocenters. The predicted molar refractivity (Wildman–Crippen MR) is 133 cm³/mol. The average molecular weight is 396 g/mol. The number of nitrogens with two attached hydrogens (primary N) is 2. The van der Waals surface area contributed by atoms with Crippen LogP contribution in [0.1, 0.15) is 76.6 Å². The molecule has 0 aromatic heterocycles. The molecule has 0 spiro atoms. The Hall–Kier alpha value is -2.52. The van der Waals surface area contributed by atoms with Crippen molar-refractivity contribution in [2.24, 2.45) is 11.6 Å². The molecule has 3 nitrogen and oxygen atoms in total. The Morgan fingerprint density at radius 3 is 2.31 bits per heavy atom. The zero-order valence-corrected chi connectivity index (χ0v) is 19.5. The number of allylic oxidation sites excluding steroid dienone is 7. The van der Waals surface area contributed by atoms with Crippen molar-refractivity contribution < 1.29 is 0 Å². The second kappa shape index (κ2) is 14.5. The van der Waals surface area contributed by atoms with E-state index in [1.807, 2.05) is 40.7 Å². The highest BCUT2D eigenvalue weighted by molar-refractivity contribution is 5.92. The van der Waals surface area contributed by atoms with E-state index in [-0.39, 0.29) is 0 Å². The monoisotopic (exact) mass is 395 g/mol. The summed E-state index contributed by atoms with van der Waals surface area (Å²) in [5.74, 6) is 5.35. The Labute approximate surface area is 179 Å². The van der Waals surface area contributed by atoms with Crippen molar-refractivity contribution in [1.82, 2.24) is 5.01 Å². The lowest BCUT2D eigenvalue weighted by atomic mass is 9.78. The maximum atomic E-state index is 5.35. The Balaban J connectivity index is 0.000000557. The lowest BCUT2D eigenvalue weighted by molar-refractivity contribution is 0.413. The van der Waals surface area contributed by atoms with Gasteiger partial charge in [0.05, 0.1) is 0 Å². The van der Waals surface area contributed by atoms with Gasteiger partial charge < -0.3 is 10.7 Å². The summed E-state index contributed by atoms with van der Waals surface area (Å²) in [6, 6.07) is 4.46. The second-order valence-electron chi connectivity index (χ2n) is 6.39. The van der Waals surface area contributed by atoms with Crippen molar-refractivity contribution >= 4 is 17.2 Å². The van der Waals surface area contributed by atoms with E-state index in [1.54, 1.807) is 13.1 Å². The first-order chi connectivity index (χ1) is 14.0. The van der Waals surface area contributed by atoms with Crippen molar-refractivity contribution in [3.05, 3.63) is 77.2 Å². The first kappa shape index (κ1) is 26.5. The smallest absolute Gasteiger partial charge is 0.0339 e. The van der Waals surface area contributed by atoms with Gasteiger partial charge in [-0.2, -0.15) is 0 Å². The van der Waals surface area contributed by atoms with E-state index in [4.69, 9.17) is 11.6 Å². The van der Waals surface area contributed by atoms with Gasteiger partial charge in [-0.1, -0.05) is 76.8 Å². The molecule has 4 N–H and O–H groups in total. The quantitative estimate of drug-likeness (QED) is 0.436. The molecule has 2 aliphatic rings. The SMILES string of the molecule is C=C/C=C1/CC=C2CC=Cc3ccc(C)c1c32.CC.CC.CCN(N)/C=C(/C)N. The van der Waals surface area contributed by atoms with Gasteiger partial charge in [0.2, 0.25) is 0 Å². The molecule has 3 rings (SSSR count). The van der Waals surface area contributed by atoms with Crippen LogP contribution in [0.5, 0.6) is 0 Å². The fourth-order valence-corrected chi connectivity index (χ4v) is 3.20. The lowest BCUT2D eigenvalue weighted by Gasteiger charge is -2.26. The zero-order chi connectivity index (χ0) is 22.4. The normalized spacial score (nSPS) is 14.7. The van der Waals surface area contributed by atoms with Gasteiger partial charge in [0, 0.05) is 18.4 Å². The largest absolute Gasteiger partial charge is 0.401 e. The fourth-order valence-electron chi connectivity index (χ4n) is 3.20. The number of hydrazine groups is 1. The summed E-state index contributed by atoms with van der Waals surface area (Å²) in [6.07, 6.45) is 14.7. The number of rotatable bonds is 3. The van der Waals surface area contributed by atoms with Crippen LogP contribution < -0.4 is 11.6 Å². The van der Waals surface area contributed by atoms with Crippen LogP contribution in [-0.2, 0) is 0 Å². The number of aryl methyl sites for hydroxylation is 1. The van der Waals surface area contributed by atoms with Gasteiger partial charge in [-0.05, 0) is 67.0 Å². The molecule has 0 aliphatic heterocycles. The van der Waals surface area contributed by atoms with Crippen LogP contribution >= 0.6 is 0 Å². The minimum absolute atomic E-state index is 0.731. The molecule has 0 saturated carbocycles. The first-order valence-electron chi connectivity index (χ1n) is 10.7. The zero-order valence-electron chi connectivity index (χ0n) is 19.5.